The van der Waals surface area contributed by atoms with Crippen molar-refractivity contribution >= 4 is 5.91 Å². The lowest BCUT2D eigenvalue weighted by Crippen LogP contribution is -2.44. The second-order valence-corrected chi connectivity index (χ2v) is 5.46. The molecule has 1 heterocycles. The van der Waals surface area contributed by atoms with Crippen LogP contribution in [0.5, 0.6) is 5.75 Å². The van der Waals surface area contributed by atoms with Gasteiger partial charge in [-0.05, 0) is 19.0 Å². The molecule has 0 radical (unpaired) electrons. The van der Waals surface area contributed by atoms with Crippen LogP contribution in [0, 0.1) is 0 Å². The SMILES string of the molecule is O=C(Cc1ccccc1OC(F)F)NCCCN1CCNCC1. The number of halogens is 2. The van der Waals surface area contributed by atoms with E-state index in [9.17, 15) is 13.6 Å². The third-order valence-corrected chi connectivity index (χ3v) is 3.72. The van der Waals surface area contributed by atoms with Crippen LogP contribution in [0.3, 0.4) is 0 Å². The van der Waals surface area contributed by atoms with Gasteiger partial charge in [0.2, 0.25) is 5.91 Å². The minimum absolute atomic E-state index is 0.0382. The van der Waals surface area contributed by atoms with Crippen molar-refractivity contribution in [2.45, 2.75) is 19.5 Å². The molecule has 1 aliphatic heterocycles. The zero-order valence-electron chi connectivity index (χ0n) is 13.1. The van der Waals surface area contributed by atoms with Crippen molar-refractivity contribution < 1.29 is 18.3 Å². The van der Waals surface area contributed by atoms with Crippen molar-refractivity contribution in [1.82, 2.24) is 15.5 Å². The first kappa shape index (κ1) is 17.6. The number of carbonyl (C=O) groups excluding carboxylic acids is 1. The largest absolute Gasteiger partial charge is 0.435 e. The molecular formula is C16H23F2N3O2. The summed E-state index contributed by atoms with van der Waals surface area (Å²) in [6.45, 7) is 2.73. The molecule has 0 atom stereocenters. The molecule has 0 spiro atoms. The average Bonchev–Trinajstić information content (AvgIpc) is 2.54. The summed E-state index contributed by atoms with van der Waals surface area (Å²) in [4.78, 5) is 14.3. The quantitative estimate of drug-likeness (QED) is 0.706. The number of carbonyl (C=O) groups is 1. The molecule has 7 heteroatoms. The normalized spacial score (nSPS) is 15.6. The molecule has 23 heavy (non-hydrogen) atoms. The molecule has 2 N–H and O–H groups in total. The van der Waals surface area contributed by atoms with Gasteiger partial charge < -0.3 is 20.3 Å². The monoisotopic (exact) mass is 327 g/mol. The minimum Gasteiger partial charge on any atom is -0.435 e. The van der Waals surface area contributed by atoms with Gasteiger partial charge in [-0.2, -0.15) is 8.78 Å². The van der Waals surface area contributed by atoms with Crippen molar-refractivity contribution in [2.75, 3.05) is 39.3 Å². The first-order valence-electron chi connectivity index (χ1n) is 7.87. The molecule has 1 aliphatic rings. The third-order valence-electron chi connectivity index (χ3n) is 3.72. The summed E-state index contributed by atoms with van der Waals surface area (Å²) in [7, 11) is 0. The van der Waals surface area contributed by atoms with Crippen molar-refractivity contribution in [3.63, 3.8) is 0 Å². The highest BCUT2D eigenvalue weighted by molar-refractivity contribution is 5.79. The van der Waals surface area contributed by atoms with E-state index in [4.69, 9.17) is 0 Å². The molecule has 1 saturated heterocycles. The highest BCUT2D eigenvalue weighted by atomic mass is 19.3. The van der Waals surface area contributed by atoms with Crippen LogP contribution >= 0.6 is 0 Å². The molecule has 0 unspecified atom stereocenters. The summed E-state index contributed by atoms with van der Waals surface area (Å²) < 4.78 is 29.1. The topological polar surface area (TPSA) is 53.6 Å². The van der Waals surface area contributed by atoms with Gasteiger partial charge in [0.25, 0.3) is 0 Å². The van der Waals surface area contributed by atoms with Gasteiger partial charge in [0.15, 0.2) is 0 Å². The van der Waals surface area contributed by atoms with Crippen LogP contribution in [-0.2, 0) is 11.2 Å². The molecule has 0 saturated carbocycles. The number of hydrogen-bond acceptors (Lipinski definition) is 4. The summed E-state index contributed by atoms with van der Waals surface area (Å²) in [5.74, 6) is -0.130. The van der Waals surface area contributed by atoms with Gasteiger partial charge in [-0.3, -0.25) is 4.79 Å². The van der Waals surface area contributed by atoms with Crippen LogP contribution in [0.1, 0.15) is 12.0 Å². The molecule has 0 bridgehead atoms. The molecule has 1 amide bonds. The van der Waals surface area contributed by atoms with E-state index in [1.165, 1.54) is 6.07 Å². The van der Waals surface area contributed by atoms with Crippen molar-refractivity contribution in [1.29, 1.82) is 0 Å². The molecular weight excluding hydrogens is 304 g/mol. The van der Waals surface area contributed by atoms with Crippen LogP contribution < -0.4 is 15.4 Å². The second-order valence-electron chi connectivity index (χ2n) is 5.46. The fourth-order valence-electron chi connectivity index (χ4n) is 2.56. The molecule has 2 rings (SSSR count). The van der Waals surface area contributed by atoms with Crippen LogP contribution in [0.4, 0.5) is 8.78 Å². The first-order valence-corrected chi connectivity index (χ1v) is 7.87. The lowest BCUT2D eigenvalue weighted by atomic mass is 10.1. The molecule has 128 valence electrons. The summed E-state index contributed by atoms with van der Waals surface area (Å²) in [6.07, 6.45) is 0.914. The van der Waals surface area contributed by atoms with Gasteiger partial charge in [0, 0.05) is 38.3 Å². The Kier molecular flexibility index (Phi) is 7.22. The van der Waals surface area contributed by atoms with Gasteiger partial charge in [-0.25, -0.2) is 0 Å². The van der Waals surface area contributed by atoms with Crippen molar-refractivity contribution in [3.8, 4) is 5.75 Å². The maximum Gasteiger partial charge on any atom is 0.387 e. The average molecular weight is 327 g/mol. The molecule has 5 nitrogen and oxygen atoms in total. The summed E-state index contributed by atoms with van der Waals surface area (Å²) >= 11 is 0. The fraction of sp³-hybridized carbons (Fsp3) is 0.562. The van der Waals surface area contributed by atoms with E-state index in [1.54, 1.807) is 18.2 Å². The lowest BCUT2D eigenvalue weighted by molar-refractivity contribution is -0.120. The van der Waals surface area contributed by atoms with Gasteiger partial charge >= 0.3 is 6.61 Å². The van der Waals surface area contributed by atoms with Gasteiger partial charge in [-0.15, -0.1) is 0 Å². The van der Waals surface area contributed by atoms with E-state index in [0.717, 1.165) is 39.1 Å². The number of piperazine rings is 1. The Morgan fingerprint density at radius 1 is 1.30 bits per heavy atom. The van der Waals surface area contributed by atoms with Gasteiger partial charge in [-0.1, -0.05) is 18.2 Å². The predicted octanol–water partition coefficient (Wildman–Crippen LogP) is 1.24. The van der Waals surface area contributed by atoms with Crippen LogP contribution in [0.15, 0.2) is 24.3 Å². The number of benzene rings is 1. The minimum atomic E-state index is -2.89. The number of nitrogens with zero attached hydrogens (tertiary/aromatic N) is 1. The smallest absolute Gasteiger partial charge is 0.387 e. The first-order chi connectivity index (χ1) is 11.1. The lowest BCUT2D eigenvalue weighted by Gasteiger charge is -2.27. The predicted molar refractivity (Wildman–Crippen MR) is 83.7 cm³/mol. The fourth-order valence-corrected chi connectivity index (χ4v) is 2.56. The number of ether oxygens (including phenoxy) is 1. The Bertz CT molecular complexity index is 494. The number of nitrogens with one attached hydrogen (secondary N) is 2. The molecule has 0 aromatic heterocycles. The van der Waals surface area contributed by atoms with Crippen LogP contribution in [0.2, 0.25) is 0 Å². The van der Waals surface area contributed by atoms with Gasteiger partial charge in [0.1, 0.15) is 5.75 Å². The summed E-state index contributed by atoms with van der Waals surface area (Å²) in [5, 5.41) is 6.12. The van der Waals surface area contributed by atoms with Crippen LogP contribution in [0.25, 0.3) is 0 Å². The Morgan fingerprint density at radius 3 is 2.78 bits per heavy atom. The number of alkyl halides is 2. The maximum atomic E-state index is 12.3. The van der Waals surface area contributed by atoms with Gasteiger partial charge in [0.05, 0.1) is 6.42 Å². The zero-order chi connectivity index (χ0) is 16.5. The molecule has 0 aliphatic carbocycles. The summed E-state index contributed by atoms with van der Waals surface area (Å²) in [5.41, 5.74) is 0.465. The number of hydrogen-bond donors (Lipinski definition) is 2. The van der Waals surface area contributed by atoms with E-state index < -0.39 is 6.61 Å². The Balaban J connectivity index is 1.70. The highest BCUT2D eigenvalue weighted by Gasteiger charge is 2.12. The Hall–Kier alpha value is -1.73. The van der Waals surface area contributed by atoms with E-state index in [1.807, 2.05) is 0 Å². The van der Waals surface area contributed by atoms with E-state index in [0.29, 0.717) is 12.1 Å². The number of amides is 1. The molecule has 1 fully saturated rings. The summed E-state index contributed by atoms with van der Waals surface area (Å²) in [6, 6.07) is 6.37. The third kappa shape index (κ3) is 6.50. The standard InChI is InChI=1S/C16H23F2N3O2/c17-16(18)23-14-5-2-1-4-13(14)12-15(22)20-6-3-9-21-10-7-19-8-11-21/h1-2,4-5,16,19H,3,6-12H2,(H,20,22). The van der Waals surface area contributed by atoms with E-state index in [2.05, 4.69) is 20.3 Å². The van der Waals surface area contributed by atoms with E-state index in [-0.39, 0.29) is 18.1 Å². The Morgan fingerprint density at radius 2 is 2.04 bits per heavy atom. The molecule has 1 aromatic rings. The Labute approximate surface area is 135 Å². The maximum absolute atomic E-state index is 12.3. The van der Waals surface area contributed by atoms with Crippen molar-refractivity contribution in [3.05, 3.63) is 29.8 Å². The van der Waals surface area contributed by atoms with Crippen molar-refractivity contribution in [2.24, 2.45) is 0 Å². The van der Waals surface area contributed by atoms with Crippen LogP contribution in [-0.4, -0.2) is 56.7 Å². The zero-order valence-corrected chi connectivity index (χ0v) is 13.1. The molecule has 1 aromatic carbocycles. The van der Waals surface area contributed by atoms with E-state index >= 15 is 0 Å². The number of para-hydroxylation sites is 1. The highest BCUT2D eigenvalue weighted by Crippen LogP contribution is 2.20. The second kappa shape index (κ2) is 9.42. The number of rotatable bonds is 8.